The van der Waals surface area contributed by atoms with Gasteiger partial charge in [0.2, 0.25) is 0 Å². The average Bonchev–Trinajstić information content (AvgIpc) is 2.27. The van der Waals surface area contributed by atoms with E-state index in [-0.39, 0.29) is 5.11 Å². The number of nitrogens with one attached hydrogen (secondary N) is 1. The fraction of sp³-hybridized carbons (Fsp3) is 0.200. The van der Waals surface area contributed by atoms with Crippen LogP contribution in [0.15, 0.2) is 18.2 Å². The summed E-state index contributed by atoms with van der Waals surface area (Å²) in [7, 11) is 2.77. The first-order chi connectivity index (χ1) is 7.58. The third-order valence-corrected chi connectivity index (χ3v) is 1.98. The van der Waals surface area contributed by atoms with Gasteiger partial charge in [0, 0.05) is 11.8 Å². The Bertz CT molecular complexity index is 421. The van der Waals surface area contributed by atoms with Gasteiger partial charge in [-0.3, -0.25) is 0 Å². The lowest BCUT2D eigenvalue weighted by atomic mass is 10.2. The lowest BCUT2D eigenvalue weighted by Gasteiger charge is -2.09. The third kappa shape index (κ3) is 2.83. The van der Waals surface area contributed by atoms with Crippen molar-refractivity contribution in [2.24, 2.45) is 5.73 Å². The van der Waals surface area contributed by atoms with Gasteiger partial charge in [0.1, 0.15) is 11.3 Å². The Hall–Kier alpha value is -1.82. The molecule has 1 aromatic carbocycles. The minimum Gasteiger partial charge on any atom is -0.496 e. The smallest absolute Gasteiger partial charge is 0.341 e. The van der Waals surface area contributed by atoms with Crippen molar-refractivity contribution in [1.82, 2.24) is 0 Å². The van der Waals surface area contributed by atoms with Crippen LogP contribution in [0.2, 0.25) is 0 Å². The van der Waals surface area contributed by atoms with Crippen molar-refractivity contribution in [3.05, 3.63) is 23.8 Å². The molecule has 0 aromatic heterocycles. The van der Waals surface area contributed by atoms with Crippen molar-refractivity contribution in [3.8, 4) is 5.75 Å². The molecule has 0 saturated heterocycles. The highest BCUT2D eigenvalue weighted by Gasteiger charge is 2.12. The maximum Gasteiger partial charge on any atom is 0.341 e. The molecule has 0 bridgehead atoms. The molecule has 0 radical (unpaired) electrons. The Morgan fingerprint density at radius 3 is 2.62 bits per heavy atom. The van der Waals surface area contributed by atoms with Crippen LogP contribution in [0.3, 0.4) is 0 Å². The predicted octanol–water partition coefficient (Wildman–Crippen LogP) is 1.14. The molecule has 0 fully saturated rings. The van der Waals surface area contributed by atoms with E-state index in [0.29, 0.717) is 17.0 Å². The first-order valence-corrected chi connectivity index (χ1v) is 4.82. The largest absolute Gasteiger partial charge is 0.496 e. The minimum absolute atomic E-state index is 0.146. The van der Waals surface area contributed by atoms with Crippen molar-refractivity contribution in [2.45, 2.75) is 0 Å². The van der Waals surface area contributed by atoms with Gasteiger partial charge in [0.05, 0.1) is 14.2 Å². The summed E-state index contributed by atoms with van der Waals surface area (Å²) in [5.74, 6) is -0.0631. The lowest BCUT2D eigenvalue weighted by molar-refractivity contribution is 0.0597. The Morgan fingerprint density at radius 1 is 1.44 bits per heavy atom. The van der Waals surface area contributed by atoms with E-state index in [9.17, 15) is 4.79 Å². The second-order valence-corrected chi connectivity index (χ2v) is 3.34. The molecule has 5 nitrogen and oxygen atoms in total. The summed E-state index contributed by atoms with van der Waals surface area (Å²) in [5, 5.41) is 2.89. The predicted molar refractivity (Wildman–Crippen MR) is 64.7 cm³/mol. The first-order valence-electron chi connectivity index (χ1n) is 4.41. The maximum absolute atomic E-state index is 11.4. The summed E-state index contributed by atoms with van der Waals surface area (Å²) in [6, 6.07) is 4.85. The Kier molecular flexibility index (Phi) is 4.07. The van der Waals surface area contributed by atoms with Crippen LogP contribution in [0, 0.1) is 0 Å². The summed E-state index contributed by atoms with van der Waals surface area (Å²) >= 11 is 4.70. The van der Waals surface area contributed by atoms with E-state index < -0.39 is 5.97 Å². The van der Waals surface area contributed by atoms with Crippen molar-refractivity contribution in [1.29, 1.82) is 0 Å². The van der Waals surface area contributed by atoms with Crippen LogP contribution in [0.25, 0.3) is 0 Å². The molecule has 1 aromatic rings. The van der Waals surface area contributed by atoms with Crippen LogP contribution >= 0.6 is 12.2 Å². The van der Waals surface area contributed by atoms with Gasteiger partial charge in [-0.1, -0.05) is 0 Å². The molecule has 0 spiro atoms. The van der Waals surface area contributed by atoms with E-state index in [1.54, 1.807) is 18.2 Å². The van der Waals surface area contributed by atoms with Crippen molar-refractivity contribution in [2.75, 3.05) is 19.5 Å². The van der Waals surface area contributed by atoms with E-state index in [0.717, 1.165) is 0 Å². The molecule has 0 aliphatic rings. The SMILES string of the molecule is COC(=O)c1ccc(NC(N)=S)cc1OC. The zero-order valence-electron chi connectivity index (χ0n) is 8.94. The number of carbonyl (C=O) groups excluding carboxylic acids is 1. The number of thiocarbonyl (C=S) groups is 1. The number of methoxy groups -OCH3 is 2. The summed E-state index contributed by atoms with van der Waals surface area (Å²) in [6.45, 7) is 0. The van der Waals surface area contributed by atoms with E-state index >= 15 is 0 Å². The number of nitrogens with two attached hydrogens (primary N) is 1. The third-order valence-electron chi connectivity index (χ3n) is 1.87. The second-order valence-electron chi connectivity index (χ2n) is 2.90. The number of hydrogen-bond donors (Lipinski definition) is 2. The molecule has 1 rings (SSSR count). The quantitative estimate of drug-likeness (QED) is 0.609. The van der Waals surface area contributed by atoms with Gasteiger partial charge in [0.25, 0.3) is 0 Å². The van der Waals surface area contributed by atoms with Crippen LogP contribution < -0.4 is 15.8 Å². The Labute approximate surface area is 98.5 Å². The molecule has 0 saturated carbocycles. The van der Waals surface area contributed by atoms with Gasteiger partial charge >= 0.3 is 5.97 Å². The highest BCUT2D eigenvalue weighted by atomic mass is 32.1. The molecule has 3 N–H and O–H groups in total. The molecule has 86 valence electrons. The molecule has 0 aliphatic carbocycles. The Balaban J connectivity index is 3.06. The number of rotatable bonds is 3. The zero-order valence-corrected chi connectivity index (χ0v) is 9.76. The molecule has 0 unspecified atom stereocenters. The highest BCUT2D eigenvalue weighted by molar-refractivity contribution is 7.80. The van der Waals surface area contributed by atoms with Gasteiger partial charge in [-0.05, 0) is 24.4 Å². The number of hydrogen-bond acceptors (Lipinski definition) is 4. The molecule has 0 heterocycles. The first kappa shape index (κ1) is 12.3. The maximum atomic E-state index is 11.4. The molecule has 0 aliphatic heterocycles. The van der Waals surface area contributed by atoms with Crippen molar-refractivity contribution >= 4 is 29.0 Å². The number of ether oxygens (including phenoxy) is 2. The molecule has 16 heavy (non-hydrogen) atoms. The van der Waals surface area contributed by atoms with Crippen LogP contribution in [0.1, 0.15) is 10.4 Å². The highest BCUT2D eigenvalue weighted by Crippen LogP contribution is 2.23. The number of benzene rings is 1. The number of carbonyl (C=O) groups is 1. The minimum atomic E-state index is -0.460. The van der Waals surface area contributed by atoms with Crippen molar-refractivity contribution in [3.63, 3.8) is 0 Å². The fourth-order valence-electron chi connectivity index (χ4n) is 1.19. The standard InChI is InChI=1S/C10H12N2O3S/c1-14-8-5-6(12-10(11)16)3-4-7(8)9(13)15-2/h3-5H,1-2H3,(H3,11,12,16). The van der Waals surface area contributed by atoms with Crippen LogP contribution in [0.4, 0.5) is 5.69 Å². The van der Waals surface area contributed by atoms with Gasteiger partial charge in [-0.15, -0.1) is 0 Å². The molecular weight excluding hydrogens is 228 g/mol. The van der Waals surface area contributed by atoms with Crippen LogP contribution in [0.5, 0.6) is 5.75 Å². The topological polar surface area (TPSA) is 73.6 Å². The summed E-state index contributed by atoms with van der Waals surface area (Å²) in [4.78, 5) is 11.4. The zero-order chi connectivity index (χ0) is 12.1. The van der Waals surface area contributed by atoms with E-state index in [4.69, 9.17) is 22.7 Å². The molecule has 6 heteroatoms. The monoisotopic (exact) mass is 240 g/mol. The van der Waals surface area contributed by atoms with E-state index in [2.05, 4.69) is 10.1 Å². The van der Waals surface area contributed by atoms with Crippen LogP contribution in [-0.2, 0) is 4.74 Å². The lowest BCUT2D eigenvalue weighted by Crippen LogP contribution is -2.19. The van der Waals surface area contributed by atoms with Gasteiger partial charge in [-0.25, -0.2) is 4.79 Å². The van der Waals surface area contributed by atoms with Gasteiger partial charge in [0.15, 0.2) is 5.11 Å². The normalized spacial score (nSPS) is 9.38. The van der Waals surface area contributed by atoms with E-state index in [1.807, 2.05) is 0 Å². The van der Waals surface area contributed by atoms with Gasteiger partial charge < -0.3 is 20.5 Å². The molecule has 0 atom stereocenters. The van der Waals surface area contributed by atoms with Gasteiger partial charge in [-0.2, -0.15) is 0 Å². The average molecular weight is 240 g/mol. The molecular formula is C10H12N2O3S. The Morgan fingerprint density at radius 2 is 2.12 bits per heavy atom. The number of anilines is 1. The fourth-order valence-corrected chi connectivity index (χ4v) is 1.31. The summed E-state index contributed by atoms with van der Waals surface area (Å²) in [6.07, 6.45) is 0. The number of esters is 1. The summed E-state index contributed by atoms with van der Waals surface area (Å²) in [5.41, 5.74) is 6.32. The molecule has 0 amide bonds. The van der Waals surface area contributed by atoms with Crippen LogP contribution in [-0.4, -0.2) is 25.3 Å². The summed E-state index contributed by atoms with van der Waals surface area (Å²) < 4.78 is 9.68. The second kappa shape index (κ2) is 5.32. The van der Waals surface area contributed by atoms with Crippen molar-refractivity contribution < 1.29 is 14.3 Å². The van der Waals surface area contributed by atoms with E-state index in [1.165, 1.54) is 14.2 Å².